The van der Waals surface area contributed by atoms with E-state index in [-0.39, 0.29) is 36.1 Å². The maximum absolute atomic E-state index is 12.4. The van der Waals surface area contributed by atoms with Crippen LogP contribution in [0.5, 0.6) is 0 Å². The van der Waals surface area contributed by atoms with Crippen LogP contribution >= 0.6 is 24.0 Å². The lowest BCUT2D eigenvalue weighted by molar-refractivity contribution is -0.120. The Morgan fingerprint density at radius 3 is 2.68 bits per heavy atom. The van der Waals surface area contributed by atoms with Gasteiger partial charge in [0, 0.05) is 18.5 Å². The molecule has 1 aromatic rings. The number of hydrogen-bond donors (Lipinski definition) is 3. The second-order valence-electron chi connectivity index (χ2n) is 5.40. The Hall–Kier alpha value is -1.30. The zero-order valence-electron chi connectivity index (χ0n) is 12.4. The lowest BCUT2D eigenvalue weighted by Gasteiger charge is -2.18. The first-order chi connectivity index (χ1) is 10.0. The fourth-order valence-corrected chi connectivity index (χ4v) is 2.96. The lowest BCUT2D eigenvalue weighted by atomic mass is 9.95. The summed E-state index contributed by atoms with van der Waals surface area (Å²) in [7, 11) is 0. The van der Waals surface area contributed by atoms with E-state index >= 15 is 0 Å². The van der Waals surface area contributed by atoms with Gasteiger partial charge in [0.15, 0.2) is 0 Å². The van der Waals surface area contributed by atoms with Gasteiger partial charge in [-0.25, -0.2) is 0 Å². The highest BCUT2D eigenvalue weighted by atomic mass is 35.5. The van der Waals surface area contributed by atoms with Crippen LogP contribution in [0.15, 0.2) is 18.2 Å². The van der Waals surface area contributed by atoms with Crippen molar-refractivity contribution < 1.29 is 9.59 Å². The van der Waals surface area contributed by atoms with E-state index in [1.165, 1.54) is 6.92 Å². The van der Waals surface area contributed by atoms with E-state index in [0.717, 1.165) is 19.3 Å². The van der Waals surface area contributed by atoms with E-state index in [4.69, 9.17) is 17.3 Å². The van der Waals surface area contributed by atoms with Crippen LogP contribution in [-0.4, -0.2) is 18.4 Å². The number of nitrogens with one attached hydrogen (secondary N) is 2. The van der Waals surface area contributed by atoms with Gasteiger partial charge in [0.05, 0.1) is 10.7 Å². The maximum Gasteiger partial charge on any atom is 0.227 e. The molecule has 2 atom stereocenters. The minimum absolute atomic E-state index is 0. The Morgan fingerprint density at radius 2 is 2.05 bits per heavy atom. The van der Waals surface area contributed by atoms with Gasteiger partial charge in [-0.05, 0) is 43.5 Å². The van der Waals surface area contributed by atoms with Crippen molar-refractivity contribution in [2.75, 3.05) is 17.2 Å². The summed E-state index contributed by atoms with van der Waals surface area (Å²) in [5, 5.41) is 5.96. The zero-order chi connectivity index (χ0) is 15.4. The summed E-state index contributed by atoms with van der Waals surface area (Å²) in [4.78, 5) is 23.4. The molecular formula is C15H21Cl2N3O2. The minimum Gasteiger partial charge on any atom is -0.330 e. The number of benzene rings is 1. The highest BCUT2D eigenvalue weighted by Crippen LogP contribution is 2.33. The Kier molecular flexibility index (Phi) is 7.13. The molecule has 0 spiro atoms. The molecule has 0 aromatic heterocycles. The molecule has 1 aliphatic rings. The summed E-state index contributed by atoms with van der Waals surface area (Å²) in [6.45, 7) is 1.95. The predicted octanol–water partition coefficient (Wildman–Crippen LogP) is 3.03. The van der Waals surface area contributed by atoms with Crippen LogP contribution in [0, 0.1) is 11.8 Å². The van der Waals surface area contributed by atoms with Crippen molar-refractivity contribution in [3.63, 3.8) is 0 Å². The zero-order valence-corrected chi connectivity index (χ0v) is 14.0. The van der Waals surface area contributed by atoms with Crippen LogP contribution in [0.2, 0.25) is 5.02 Å². The molecule has 1 fully saturated rings. The molecule has 4 N–H and O–H groups in total. The topological polar surface area (TPSA) is 84.2 Å². The van der Waals surface area contributed by atoms with Gasteiger partial charge in [-0.3, -0.25) is 9.59 Å². The number of anilines is 2. The van der Waals surface area contributed by atoms with Gasteiger partial charge in [0.25, 0.3) is 0 Å². The van der Waals surface area contributed by atoms with Crippen LogP contribution in [0.4, 0.5) is 11.4 Å². The smallest absolute Gasteiger partial charge is 0.227 e. The van der Waals surface area contributed by atoms with E-state index in [2.05, 4.69) is 10.6 Å². The molecule has 0 saturated heterocycles. The minimum atomic E-state index is -0.173. The van der Waals surface area contributed by atoms with Crippen LogP contribution in [0.25, 0.3) is 0 Å². The van der Waals surface area contributed by atoms with Crippen LogP contribution in [-0.2, 0) is 9.59 Å². The standard InChI is InChI=1S/C15H20ClN3O2.ClH/c1-9(20)18-11-5-6-13(16)14(7-11)19-15(21)12-4-2-3-10(12)8-17;/h5-7,10,12H,2-4,8,17H2,1H3,(H,18,20)(H,19,21);1H/t10-,12-;/m1./s1. The summed E-state index contributed by atoms with van der Waals surface area (Å²) in [6.07, 6.45) is 2.88. The first-order valence-electron chi connectivity index (χ1n) is 7.09. The summed E-state index contributed by atoms with van der Waals surface area (Å²) in [6, 6.07) is 5.00. The predicted molar refractivity (Wildman–Crippen MR) is 91.5 cm³/mol. The van der Waals surface area contributed by atoms with Crippen molar-refractivity contribution >= 4 is 47.2 Å². The molecule has 5 nitrogen and oxygen atoms in total. The summed E-state index contributed by atoms with van der Waals surface area (Å²) in [5.41, 5.74) is 6.82. The Bertz CT molecular complexity index is 552. The summed E-state index contributed by atoms with van der Waals surface area (Å²) >= 11 is 6.10. The molecule has 22 heavy (non-hydrogen) atoms. The van der Waals surface area contributed by atoms with Gasteiger partial charge in [-0.15, -0.1) is 12.4 Å². The molecule has 1 saturated carbocycles. The molecule has 2 rings (SSSR count). The number of amides is 2. The normalized spacial score (nSPS) is 20.1. The highest BCUT2D eigenvalue weighted by molar-refractivity contribution is 6.33. The average molecular weight is 346 g/mol. The molecule has 0 unspecified atom stereocenters. The van der Waals surface area contributed by atoms with E-state index in [1.54, 1.807) is 18.2 Å². The van der Waals surface area contributed by atoms with Crippen molar-refractivity contribution in [3.05, 3.63) is 23.2 Å². The molecule has 1 aromatic carbocycles. The molecule has 0 heterocycles. The molecule has 2 amide bonds. The monoisotopic (exact) mass is 345 g/mol. The first kappa shape index (κ1) is 18.7. The molecular weight excluding hydrogens is 325 g/mol. The first-order valence-corrected chi connectivity index (χ1v) is 7.47. The number of halogens is 2. The Labute approximate surface area is 141 Å². The van der Waals surface area contributed by atoms with E-state index < -0.39 is 0 Å². The third-order valence-electron chi connectivity index (χ3n) is 3.84. The Balaban J connectivity index is 0.00000242. The van der Waals surface area contributed by atoms with Crippen molar-refractivity contribution in [2.24, 2.45) is 17.6 Å². The molecule has 0 radical (unpaired) electrons. The molecule has 7 heteroatoms. The van der Waals surface area contributed by atoms with Gasteiger partial charge in [0.1, 0.15) is 0 Å². The SMILES string of the molecule is CC(=O)Nc1ccc(Cl)c(NC(=O)[C@@H]2CCC[C@@H]2CN)c1.Cl. The highest BCUT2D eigenvalue weighted by Gasteiger charge is 2.32. The second kappa shape index (κ2) is 8.36. The number of carbonyl (C=O) groups is 2. The lowest BCUT2D eigenvalue weighted by Crippen LogP contribution is -2.29. The van der Waals surface area contributed by atoms with Gasteiger partial charge in [0.2, 0.25) is 11.8 Å². The van der Waals surface area contributed by atoms with Gasteiger partial charge < -0.3 is 16.4 Å². The number of hydrogen-bond acceptors (Lipinski definition) is 3. The molecule has 1 aliphatic carbocycles. The van der Waals surface area contributed by atoms with Crippen molar-refractivity contribution in [1.82, 2.24) is 0 Å². The molecule has 0 bridgehead atoms. The van der Waals surface area contributed by atoms with E-state index in [9.17, 15) is 9.59 Å². The molecule has 122 valence electrons. The summed E-state index contributed by atoms with van der Waals surface area (Å²) in [5.74, 6) is -0.0452. The van der Waals surface area contributed by atoms with Crippen molar-refractivity contribution in [3.8, 4) is 0 Å². The Morgan fingerprint density at radius 1 is 1.32 bits per heavy atom. The van der Waals surface area contributed by atoms with Crippen LogP contribution in [0.1, 0.15) is 26.2 Å². The average Bonchev–Trinajstić information content (AvgIpc) is 2.90. The van der Waals surface area contributed by atoms with E-state index in [1.807, 2.05) is 0 Å². The van der Waals surface area contributed by atoms with Gasteiger partial charge in [-0.2, -0.15) is 0 Å². The van der Waals surface area contributed by atoms with Gasteiger partial charge >= 0.3 is 0 Å². The van der Waals surface area contributed by atoms with Crippen LogP contribution in [0.3, 0.4) is 0 Å². The quantitative estimate of drug-likeness (QED) is 0.783. The summed E-state index contributed by atoms with van der Waals surface area (Å²) < 4.78 is 0. The van der Waals surface area contributed by atoms with Gasteiger partial charge in [-0.1, -0.05) is 18.0 Å². The van der Waals surface area contributed by atoms with Crippen LogP contribution < -0.4 is 16.4 Å². The third kappa shape index (κ3) is 4.60. The molecule has 0 aliphatic heterocycles. The number of rotatable bonds is 4. The van der Waals surface area contributed by atoms with Crippen molar-refractivity contribution in [2.45, 2.75) is 26.2 Å². The fourth-order valence-electron chi connectivity index (χ4n) is 2.79. The number of carbonyl (C=O) groups excluding carboxylic acids is 2. The third-order valence-corrected chi connectivity index (χ3v) is 4.17. The van der Waals surface area contributed by atoms with E-state index in [0.29, 0.717) is 22.9 Å². The van der Waals surface area contributed by atoms with Crippen molar-refractivity contribution in [1.29, 1.82) is 0 Å². The second-order valence-corrected chi connectivity index (χ2v) is 5.81. The number of nitrogens with two attached hydrogens (primary N) is 1. The maximum atomic E-state index is 12.4. The fraction of sp³-hybridized carbons (Fsp3) is 0.467. The largest absolute Gasteiger partial charge is 0.330 e.